The molecule has 3 aromatic heterocycles. The summed E-state index contributed by atoms with van der Waals surface area (Å²) in [7, 11) is 5.11. The monoisotopic (exact) mass is 1940 g/mol. The molecule has 3 aromatic carbocycles. The summed E-state index contributed by atoms with van der Waals surface area (Å²) in [6.45, 7) is 3.19. The number of hydrogen-bond acceptors (Lipinski definition) is 24. The van der Waals surface area contributed by atoms with Gasteiger partial charge in [0.1, 0.15) is 90.3 Å². The van der Waals surface area contributed by atoms with E-state index in [0.29, 0.717) is 68.8 Å². The first-order chi connectivity index (χ1) is 65.7. The summed E-state index contributed by atoms with van der Waals surface area (Å²) in [6, 6.07) is -4.16. The van der Waals surface area contributed by atoms with E-state index in [1.54, 1.807) is 92.8 Å². The topological polar surface area (TPSA) is 680 Å². The highest BCUT2D eigenvalue weighted by atomic mass is 32.2. The van der Waals surface area contributed by atoms with Crippen LogP contribution in [0.15, 0.2) is 97.7 Å². The second kappa shape index (κ2) is 50.9. The number of hydrogen-bond donors (Lipinski definition) is 19. The number of ether oxygens (including phenoxy) is 1. The maximum absolute atomic E-state index is 15.8. The fraction of sp³-hybridized carbons (Fsp3) is 0.505. The Bertz CT molecular complexity index is 5420. The number of nitrogens with two attached hydrogens (primary N) is 2. The number of carbonyl (C=O) groups is 20. The predicted octanol–water partition coefficient (Wildman–Crippen LogP) is -2.72. The van der Waals surface area contributed by atoms with Gasteiger partial charge >= 0.3 is 17.9 Å². The standard InChI is InChI=1S/C91H121N21O25S/c1-8-10-21-68-84(129)100-59(28-30-75(117)118)80(125)107-67(79(124)97-43-73(93)115)45-138-46-74(116)99-64(33-49-24-26-54(137-7)27-25-49)87(132)108(4)48(3)78(123)105-66(38-72(92)114)90(135)111-32-16-23-69(111)85(130)104-62(36-52-42-94-47-98-52)82(127)101-60(29-31-76(119)120)89(134)112-44-53(113)37-71(112)86(131)103-61(34-50-40-95-57-19-14-12-17-55(50)57)81(126)102-63(39-77(121)122)83(128)106-65(35-51-41-96-58-20-15-13-18-56(51)58)88(133)110(6)70(22-11-9-2)91(136)109(68)5/h12-15,17-20,24-27,40-42,47-48,53,59-71,95-96,113H,8-11,16,21-23,28-39,43-46H2,1-7H3,(H2,92,114)(H2,93,115)(H,94,98)(H,97,124)(H,99,116)(H,100,129)(H,101,127)(H,102,126)(H,103,131)(H,104,130)(H,105,123)(H,106,128)(H,107,125)(H,117,118)(H,119,120)(H,121,122)/t48-,53+,59-,60-,61-,62-,63-,64-,65-,66-,67-,68-,69-,70-,71-/m0/s1. The van der Waals surface area contributed by atoms with Gasteiger partial charge in [-0.1, -0.05) is 88.1 Å². The Morgan fingerprint density at radius 1 is 0.507 bits per heavy atom. The Kier molecular flexibility index (Phi) is 39.5. The number of amides is 17. The minimum absolute atomic E-state index is 0.0965. The van der Waals surface area contributed by atoms with Crippen LogP contribution in [-0.2, 0) is 122 Å². The van der Waals surface area contributed by atoms with Crippen LogP contribution in [0.2, 0.25) is 0 Å². The Morgan fingerprint density at radius 3 is 1.60 bits per heavy atom. The third kappa shape index (κ3) is 29.7. The number of benzene rings is 3. The number of thioether (sulfide) groups is 1. The molecule has 746 valence electrons. The van der Waals surface area contributed by atoms with Crippen LogP contribution < -0.4 is 69.4 Å². The van der Waals surface area contributed by atoms with Gasteiger partial charge in [0.05, 0.1) is 44.7 Å². The van der Waals surface area contributed by atoms with E-state index in [-0.39, 0.29) is 63.6 Å². The van der Waals surface area contributed by atoms with E-state index >= 15 is 38.4 Å². The molecule has 3 aliphatic heterocycles. The van der Waals surface area contributed by atoms with E-state index in [1.807, 2.05) is 0 Å². The zero-order chi connectivity index (χ0) is 101. The summed E-state index contributed by atoms with van der Waals surface area (Å²) in [5.74, 6) is -23.4. The van der Waals surface area contributed by atoms with Crippen molar-refractivity contribution in [2.24, 2.45) is 11.5 Å². The van der Waals surface area contributed by atoms with Crippen molar-refractivity contribution in [3.05, 3.63) is 120 Å². The van der Waals surface area contributed by atoms with Gasteiger partial charge in [-0.2, -0.15) is 0 Å². The highest BCUT2D eigenvalue weighted by molar-refractivity contribution is 8.00. The number of likely N-dealkylation sites (N-methyl/N-ethyl adjacent to an activating group) is 3. The molecule has 3 aliphatic rings. The molecular formula is C91H121N21O25S. The number of nitrogens with zero attached hydrogens (tertiary/aromatic N) is 6. The maximum Gasteiger partial charge on any atom is 0.305 e. The number of unbranched alkanes of at least 4 members (excludes halogenated alkanes) is 2. The second-order valence-electron chi connectivity index (χ2n) is 34.3. The van der Waals surface area contributed by atoms with Crippen molar-refractivity contribution in [1.82, 2.24) is 97.6 Å². The van der Waals surface area contributed by atoms with Gasteiger partial charge in [0.15, 0.2) is 0 Å². The summed E-state index contributed by atoms with van der Waals surface area (Å²) in [4.78, 5) is 306. The molecule has 3 saturated heterocycles. The molecule has 21 N–H and O–H groups in total. The van der Waals surface area contributed by atoms with Gasteiger partial charge in [-0.25, -0.2) is 4.98 Å². The molecule has 9 rings (SSSR count). The highest BCUT2D eigenvalue weighted by Crippen LogP contribution is 2.28. The number of carboxylic acids is 3. The molecule has 0 saturated carbocycles. The molecule has 0 bridgehead atoms. The van der Waals surface area contributed by atoms with Crippen molar-refractivity contribution in [3.8, 4) is 5.75 Å². The van der Waals surface area contributed by atoms with Crippen molar-refractivity contribution < 1.29 is 121 Å². The maximum atomic E-state index is 15.8. The van der Waals surface area contributed by atoms with Gasteiger partial charge in [-0.3, -0.25) is 95.9 Å². The minimum atomic E-state index is -2.12. The first-order valence-electron chi connectivity index (χ1n) is 45.3. The van der Waals surface area contributed by atoms with E-state index < -0.39 is 291 Å². The van der Waals surface area contributed by atoms with Gasteiger partial charge in [0.2, 0.25) is 100 Å². The average Bonchev–Trinajstić information content (AvgIpc) is 1.71. The molecule has 0 radical (unpaired) electrons. The van der Waals surface area contributed by atoms with Crippen LogP contribution in [0.1, 0.15) is 139 Å². The largest absolute Gasteiger partial charge is 0.497 e. The molecule has 17 amide bonds. The Hall–Kier alpha value is -14.5. The summed E-state index contributed by atoms with van der Waals surface area (Å²) >= 11 is 0.701. The Balaban J connectivity index is 1.12. The molecule has 15 atom stereocenters. The van der Waals surface area contributed by atoms with E-state index in [1.165, 1.54) is 53.9 Å². The first-order valence-corrected chi connectivity index (χ1v) is 46.4. The van der Waals surface area contributed by atoms with E-state index in [9.17, 15) is 78.0 Å². The smallest absolute Gasteiger partial charge is 0.305 e. The number of carbonyl (C=O) groups excluding carboxylic acids is 17. The van der Waals surface area contributed by atoms with Gasteiger partial charge in [0.25, 0.3) is 0 Å². The van der Waals surface area contributed by atoms with Crippen LogP contribution in [0.4, 0.5) is 0 Å². The number of aromatic amines is 3. The first kappa shape index (κ1) is 107. The quantitative estimate of drug-likeness (QED) is 0.0237. The highest BCUT2D eigenvalue weighted by Gasteiger charge is 2.47. The molecule has 47 heteroatoms. The van der Waals surface area contributed by atoms with Crippen LogP contribution in [0, 0.1) is 0 Å². The molecule has 6 aromatic rings. The number of fused-ring (bicyclic) bond motifs is 4. The number of imidazole rings is 1. The molecule has 138 heavy (non-hydrogen) atoms. The number of methoxy groups -OCH3 is 1. The number of aliphatic hydroxyl groups excluding tert-OH is 1. The summed E-state index contributed by atoms with van der Waals surface area (Å²) in [5, 5.41) is 68.5. The zero-order valence-electron chi connectivity index (χ0n) is 77.5. The van der Waals surface area contributed by atoms with Gasteiger partial charge in [-0.05, 0) is 86.4 Å². The third-order valence-corrected chi connectivity index (χ3v) is 25.4. The number of aromatic nitrogens is 4. The molecular weight excluding hydrogens is 1820 g/mol. The number of aliphatic carboxylic acids is 3. The fourth-order valence-corrected chi connectivity index (χ4v) is 17.5. The number of nitrogens with one attached hydrogen (secondary N) is 13. The Labute approximate surface area is 797 Å². The van der Waals surface area contributed by atoms with Gasteiger partial charge in [-0.15, -0.1) is 11.8 Å². The molecule has 0 aliphatic carbocycles. The second-order valence-corrected chi connectivity index (χ2v) is 35.4. The summed E-state index contributed by atoms with van der Waals surface area (Å²) < 4.78 is 5.32. The predicted molar refractivity (Wildman–Crippen MR) is 495 cm³/mol. The number of para-hydroxylation sites is 2. The lowest BCUT2D eigenvalue weighted by molar-refractivity contribution is -0.149. The Morgan fingerprint density at radius 2 is 1.02 bits per heavy atom. The van der Waals surface area contributed by atoms with Crippen LogP contribution in [-0.4, -0.2) is 333 Å². The zero-order valence-corrected chi connectivity index (χ0v) is 78.3. The van der Waals surface area contributed by atoms with Crippen molar-refractivity contribution in [2.75, 3.05) is 59.4 Å². The van der Waals surface area contributed by atoms with Crippen molar-refractivity contribution in [1.29, 1.82) is 0 Å². The van der Waals surface area contributed by atoms with Crippen molar-refractivity contribution in [3.63, 3.8) is 0 Å². The molecule has 46 nitrogen and oxygen atoms in total. The summed E-state index contributed by atoms with van der Waals surface area (Å²) in [6.07, 6.45) is -1.89. The minimum Gasteiger partial charge on any atom is -0.497 e. The third-order valence-electron chi connectivity index (χ3n) is 24.3. The lowest BCUT2D eigenvalue weighted by Gasteiger charge is -2.36. The SMILES string of the molecule is CCCC[C@H]1C(=O)N(C)[C@@H](CCCC)C(=O)N[C@@H](CCC(=O)O)C(=O)N[C@H](C(=O)NCC(N)=O)CSCC(=O)N[C@@H](Cc2ccc(OC)cc2)C(=O)N(C)[C@@H](C)C(=O)N[C@@H](CC(N)=O)C(=O)N2CCC[C@H]2C(=O)N[C@@H](Cc2cnc[nH]2)C(=O)N[C@@H](CCC(=O)O)C(=O)N2C[C@H](O)C[C@H]2C(=O)N[C@@H](Cc2c[nH]c3ccccc23)C(=O)N[C@@H](CC(=O)O)C(=O)N[C@@H](Cc2c[nH]c3ccccc23)C(=O)N1C. The molecule has 6 heterocycles. The van der Waals surface area contributed by atoms with Crippen LogP contribution in [0.3, 0.4) is 0 Å². The number of aliphatic hydroxyl groups is 1. The normalized spacial score (nSPS) is 24.4. The van der Waals surface area contributed by atoms with Crippen molar-refractivity contribution in [2.45, 2.75) is 233 Å². The van der Waals surface area contributed by atoms with Crippen molar-refractivity contribution >= 4 is 152 Å². The van der Waals surface area contributed by atoms with Crippen LogP contribution >= 0.6 is 11.8 Å². The van der Waals surface area contributed by atoms with Gasteiger partial charge < -0.3 is 129 Å². The van der Waals surface area contributed by atoms with E-state index in [4.69, 9.17) is 16.2 Å². The number of primary amides is 2. The molecule has 0 spiro atoms. The lowest BCUT2D eigenvalue weighted by atomic mass is 9.99. The molecule has 0 unspecified atom stereocenters. The lowest BCUT2D eigenvalue weighted by Crippen LogP contribution is -2.61. The fourth-order valence-electron chi connectivity index (χ4n) is 16.7. The average molecular weight is 1940 g/mol. The summed E-state index contributed by atoms with van der Waals surface area (Å²) in [5.41, 5.74) is 13.7. The molecule has 3 fully saturated rings. The van der Waals surface area contributed by atoms with Gasteiger partial charge in [0, 0.05) is 131 Å². The van der Waals surface area contributed by atoms with Crippen LogP contribution in [0.25, 0.3) is 21.8 Å². The number of carboxylic acid groups (broad SMARTS) is 3. The van der Waals surface area contributed by atoms with Crippen LogP contribution in [0.5, 0.6) is 5.75 Å². The van der Waals surface area contributed by atoms with E-state index in [2.05, 4.69) is 73.1 Å². The van der Waals surface area contributed by atoms with E-state index in [0.717, 1.165) is 24.5 Å². The number of rotatable bonds is 28. The number of H-pyrrole nitrogens is 3.